The molecule has 1 aromatic heterocycles. The van der Waals surface area contributed by atoms with Crippen LogP contribution in [0.5, 0.6) is 0 Å². The van der Waals surface area contributed by atoms with Crippen molar-refractivity contribution in [1.82, 2.24) is 14.6 Å². The van der Waals surface area contributed by atoms with Crippen LogP contribution in [0.1, 0.15) is 57.6 Å². The number of benzene rings is 2. The first kappa shape index (κ1) is 31.8. The first-order valence-electron chi connectivity index (χ1n) is 15.3. The highest BCUT2D eigenvalue weighted by molar-refractivity contribution is 7.90. The van der Waals surface area contributed by atoms with Crippen molar-refractivity contribution in [2.45, 2.75) is 68.9 Å². The average Bonchev–Trinajstić information content (AvgIpc) is 3.66. The molecule has 3 aromatic rings. The zero-order valence-electron chi connectivity index (χ0n) is 25.9. The fourth-order valence-corrected chi connectivity index (χ4v) is 7.37. The van der Waals surface area contributed by atoms with Gasteiger partial charge in [-0.2, -0.15) is 0 Å². The van der Waals surface area contributed by atoms with Crippen molar-refractivity contribution in [2.24, 2.45) is 5.92 Å². The Morgan fingerprint density at radius 3 is 2.62 bits per heavy atom. The van der Waals surface area contributed by atoms with Crippen LogP contribution in [-0.2, 0) is 26.4 Å². The van der Waals surface area contributed by atoms with Gasteiger partial charge in [0.15, 0.2) is 0 Å². The maximum absolute atomic E-state index is 15.5. The monoisotopic (exact) mass is 651 g/mol. The number of nitrogens with zero attached hydrogens (tertiary/aromatic N) is 2. The molecule has 2 aliphatic heterocycles. The zero-order chi connectivity index (χ0) is 31.9. The smallest absolute Gasteiger partial charge is 0.247 e. The second-order valence-corrected chi connectivity index (χ2v) is 15.4. The van der Waals surface area contributed by atoms with Gasteiger partial charge < -0.3 is 24.8 Å². The Hall–Kier alpha value is -3.15. The minimum atomic E-state index is -1.46. The SMILES string of the molecule is CO[C@@H]1C[C@@H]2C(=O)Nc3cc(ccc3F)C(N[S@+]([O-])C(C)(C)C)(c3ccccc3)CCC3C/C3=C(\Nc3ccc(Cl)cn3)N2C1. The molecular weight excluding hydrogens is 613 g/mol. The molecule has 2 unspecified atom stereocenters. The van der Waals surface area contributed by atoms with Crippen molar-refractivity contribution in [3.05, 3.63) is 100 Å². The summed E-state index contributed by atoms with van der Waals surface area (Å²) in [6.45, 7) is 6.27. The molecule has 238 valence electrons. The molecule has 3 N–H and O–H groups in total. The quantitative estimate of drug-likeness (QED) is 0.268. The maximum Gasteiger partial charge on any atom is 0.247 e. The van der Waals surface area contributed by atoms with Crippen LogP contribution >= 0.6 is 11.6 Å². The molecule has 8 nitrogen and oxygen atoms in total. The van der Waals surface area contributed by atoms with Gasteiger partial charge in [0, 0.05) is 37.6 Å². The number of fused-ring (bicyclic) bond motifs is 4. The third kappa shape index (κ3) is 6.57. The normalized spacial score (nSPS) is 27.3. The Morgan fingerprint density at radius 2 is 1.93 bits per heavy atom. The molecule has 2 aromatic carbocycles. The molecule has 1 aliphatic carbocycles. The molecule has 2 fully saturated rings. The van der Waals surface area contributed by atoms with Gasteiger partial charge in [0.25, 0.3) is 0 Å². The summed E-state index contributed by atoms with van der Waals surface area (Å²) in [5.74, 6) is 0.757. The number of aromatic nitrogens is 1. The number of allylic oxidation sites excluding steroid dienone is 1. The molecule has 6 rings (SSSR count). The van der Waals surface area contributed by atoms with Gasteiger partial charge in [-0.3, -0.25) is 4.79 Å². The summed E-state index contributed by atoms with van der Waals surface area (Å²) in [6.07, 6.45) is 4.03. The van der Waals surface area contributed by atoms with Crippen LogP contribution in [0.2, 0.25) is 5.02 Å². The number of halogens is 2. The van der Waals surface area contributed by atoms with Crippen molar-refractivity contribution in [3.63, 3.8) is 0 Å². The molecular formula is C34H39ClFN5O3S. The van der Waals surface area contributed by atoms with Crippen LogP contribution in [0.15, 0.2) is 78.3 Å². The second-order valence-electron chi connectivity index (χ2n) is 13.0. The Labute approximate surface area is 272 Å². The van der Waals surface area contributed by atoms with E-state index in [0.717, 1.165) is 29.8 Å². The van der Waals surface area contributed by atoms with Gasteiger partial charge in [-0.15, -0.1) is 4.72 Å². The second kappa shape index (κ2) is 12.6. The topological polar surface area (TPSA) is 102 Å². The highest BCUT2D eigenvalue weighted by Crippen LogP contribution is 2.49. The number of anilines is 2. The number of hydrogen-bond donors (Lipinski definition) is 3. The van der Waals surface area contributed by atoms with Crippen molar-refractivity contribution in [3.8, 4) is 0 Å². The van der Waals surface area contributed by atoms with Gasteiger partial charge in [0.05, 0.1) is 16.8 Å². The Kier molecular flexibility index (Phi) is 8.88. The number of methoxy groups -OCH3 is 1. The number of pyridine rings is 1. The van der Waals surface area contributed by atoms with Crippen molar-refractivity contribution >= 4 is 40.4 Å². The summed E-state index contributed by atoms with van der Waals surface area (Å²) in [4.78, 5) is 20.5. The van der Waals surface area contributed by atoms with E-state index in [1.165, 1.54) is 11.6 Å². The van der Waals surface area contributed by atoms with Crippen LogP contribution in [0.3, 0.4) is 0 Å². The molecule has 0 spiro atoms. The van der Waals surface area contributed by atoms with E-state index < -0.39 is 33.5 Å². The molecule has 5 atom stereocenters. The molecule has 0 radical (unpaired) electrons. The number of nitrogens with one attached hydrogen (secondary N) is 3. The van der Waals surface area contributed by atoms with Crippen molar-refractivity contribution in [1.29, 1.82) is 0 Å². The van der Waals surface area contributed by atoms with E-state index in [9.17, 15) is 9.35 Å². The van der Waals surface area contributed by atoms with Gasteiger partial charge in [-0.1, -0.05) is 48.0 Å². The Bertz CT molecular complexity index is 1580. The van der Waals surface area contributed by atoms with E-state index in [0.29, 0.717) is 30.2 Å². The average molecular weight is 652 g/mol. The summed E-state index contributed by atoms with van der Waals surface area (Å²) >= 11 is 4.65. The Balaban J connectivity index is 1.49. The van der Waals surface area contributed by atoms with E-state index in [2.05, 4.69) is 20.3 Å². The lowest BCUT2D eigenvalue weighted by atomic mass is 9.79. The third-order valence-electron chi connectivity index (χ3n) is 8.94. The lowest BCUT2D eigenvalue weighted by Crippen LogP contribution is -2.52. The van der Waals surface area contributed by atoms with E-state index in [-0.39, 0.29) is 23.6 Å². The van der Waals surface area contributed by atoms with Crippen LogP contribution in [0.4, 0.5) is 15.9 Å². The number of amides is 1. The summed E-state index contributed by atoms with van der Waals surface area (Å²) in [5, 5.41) is 6.91. The highest BCUT2D eigenvalue weighted by Gasteiger charge is 2.47. The molecule has 3 aliphatic rings. The van der Waals surface area contributed by atoms with Crippen molar-refractivity contribution < 1.29 is 18.5 Å². The summed E-state index contributed by atoms with van der Waals surface area (Å²) in [6, 6.07) is 17.6. The lowest BCUT2D eigenvalue weighted by Gasteiger charge is -2.39. The number of ether oxygens (including phenoxy) is 1. The van der Waals surface area contributed by atoms with Crippen LogP contribution in [0, 0.1) is 11.7 Å². The summed E-state index contributed by atoms with van der Waals surface area (Å²) in [5.41, 5.74) is 1.98. The predicted octanol–water partition coefficient (Wildman–Crippen LogP) is 6.33. The number of carbonyl (C=O) groups excluding carboxylic acids is 1. The Morgan fingerprint density at radius 1 is 1.16 bits per heavy atom. The molecule has 1 amide bonds. The van der Waals surface area contributed by atoms with Gasteiger partial charge in [0.2, 0.25) is 5.91 Å². The summed E-state index contributed by atoms with van der Waals surface area (Å²) in [7, 11) is 1.64. The third-order valence-corrected chi connectivity index (χ3v) is 10.8. The fourth-order valence-electron chi connectivity index (χ4n) is 6.30. The van der Waals surface area contributed by atoms with Crippen LogP contribution < -0.4 is 15.4 Å². The number of hydrogen-bond acceptors (Lipinski definition) is 7. The van der Waals surface area contributed by atoms with E-state index in [1.54, 1.807) is 37.6 Å². The minimum absolute atomic E-state index is 0.0768. The highest BCUT2D eigenvalue weighted by atomic mass is 35.5. The number of carbonyl (C=O) groups is 1. The van der Waals surface area contributed by atoms with Crippen LogP contribution in [-0.4, -0.2) is 50.9 Å². The minimum Gasteiger partial charge on any atom is -0.598 e. The first-order chi connectivity index (χ1) is 21.5. The summed E-state index contributed by atoms with van der Waals surface area (Å²) < 4.78 is 38.0. The van der Waals surface area contributed by atoms with Gasteiger partial charge in [0.1, 0.15) is 33.8 Å². The predicted molar refractivity (Wildman–Crippen MR) is 176 cm³/mol. The maximum atomic E-state index is 15.5. The zero-order valence-corrected chi connectivity index (χ0v) is 27.5. The van der Waals surface area contributed by atoms with Gasteiger partial charge >= 0.3 is 0 Å². The number of rotatable bonds is 6. The van der Waals surface area contributed by atoms with Gasteiger partial charge in [-0.25, -0.2) is 9.37 Å². The molecule has 1 saturated heterocycles. The van der Waals surface area contributed by atoms with E-state index in [4.69, 9.17) is 16.3 Å². The molecule has 11 heteroatoms. The lowest BCUT2D eigenvalue weighted by molar-refractivity contribution is -0.119. The largest absolute Gasteiger partial charge is 0.598 e. The molecule has 2 bridgehead atoms. The standard InChI is InChI=1S/C34H39ClFN5O3S/c1-33(2,3)45(43)40-34(22-8-6-5-7-9-22)15-14-21-16-26(21)31(39-30-13-11-24(35)19-37-30)41-20-25(44-4)18-29(41)32(42)38-28-17-23(34)10-12-27(28)36/h5-13,17,19,21,25,29,40H,14-16,18,20H2,1-4H3,(H,37,39)(H,38,42)/b31-26-/t21?,25-,29-,34?,45-/m1/s1. The fraction of sp³-hybridized carbons (Fsp3) is 0.412. The van der Waals surface area contributed by atoms with Gasteiger partial charge in [-0.05, 0) is 86.9 Å². The van der Waals surface area contributed by atoms with E-state index in [1.807, 2.05) is 56.0 Å². The molecule has 1 saturated carbocycles. The van der Waals surface area contributed by atoms with E-state index >= 15 is 4.39 Å². The van der Waals surface area contributed by atoms with Crippen LogP contribution in [0.25, 0.3) is 0 Å². The van der Waals surface area contributed by atoms with Crippen molar-refractivity contribution in [2.75, 3.05) is 24.3 Å². The molecule has 45 heavy (non-hydrogen) atoms. The molecule has 3 heterocycles. The first-order valence-corrected chi connectivity index (χ1v) is 16.8.